The third-order valence-electron chi connectivity index (χ3n) is 4.12. The van der Waals surface area contributed by atoms with E-state index in [2.05, 4.69) is 15.3 Å². The molecule has 1 aromatic rings. The van der Waals surface area contributed by atoms with Crippen LogP contribution in [0.15, 0.2) is 24.7 Å². The van der Waals surface area contributed by atoms with E-state index in [1.807, 2.05) is 12.2 Å². The van der Waals surface area contributed by atoms with E-state index in [-0.39, 0.29) is 23.8 Å². The first-order valence-corrected chi connectivity index (χ1v) is 6.83. The van der Waals surface area contributed by atoms with Crippen LogP contribution in [0.2, 0.25) is 0 Å². The highest BCUT2D eigenvalue weighted by molar-refractivity contribution is 5.84. The zero-order valence-corrected chi connectivity index (χ0v) is 11.0. The van der Waals surface area contributed by atoms with Gasteiger partial charge in [-0.05, 0) is 19.3 Å². The van der Waals surface area contributed by atoms with Gasteiger partial charge in [0.25, 0.3) is 0 Å². The number of hydrogen-bond acceptors (Lipinski definition) is 3. The van der Waals surface area contributed by atoms with Gasteiger partial charge >= 0.3 is 5.97 Å². The number of hydrogen-bond donors (Lipinski definition) is 3. The zero-order chi connectivity index (χ0) is 14.1. The summed E-state index contributed by atoms with van der Waals surface area (Å²) in [6.07, 6.45) is 9.01. The minimum atomic E-state index is -0.847. The third kappa shape index (κ3) is 2.45. The van der Waals surface area contributed by atoms with E-state index in [1.54, 1.807) is 12.5 Å². The molecule has 3 rings (SSSR count). The number of amides is 1. The topological polar surface area (TPSA) is 95.1 Å². The number of nitrogens with one attached hydrogen (secondary N) is 2. The van der Waals surface area contributed by atoms with Crippen molar-refractivity contribution in [2.75, 3.05) is 0 Å². The van der Waals surface area contributed by atoms with Gasteiger partial charge in [-0.2, -0.15) is 0 Å². The van der Waals surface area contributed by atoms with Crippen LogP contribution in [0.4, 0.5) is 0 Å². The number of imidazole rings is 1. The first-order valence-electron chi connectivity index (χ1n) is 6.83. The number of aromatic amines is 1. The van der Waals surface area contributed by atoms with Crippen molar-refractivity contribution in [2.45, 2.75) is 31.2 Å². The van der Waals surface area contributed by atoms with Crippen LogP contribution in [0.25, 0.3) is 0 Å². The molecule has 0 spiro atoms. The lowest BCUT2D eigenvalue weighted by Crippen LogP contribution is -2.44. The smallest absolute Gasteiger partial charge is 0.308 e. The number of carbonyl (C=O) groups is 2. The molecule has 6 heteroatoms. The molecule has 0 radical (unpaired) electrons. The number of aliphatic carboxylic acids is 1. The maximum absolute atomic E-state index is 12.2. The molecule has 0 bridgehead atoms. The van der Waals surface area contributed by atoms with Crippen LogP contribution in [0.3, 0.4) is 0 Å². The van der Waals surface area contributed by atoms with E-state index in [4.69, 9.17) is 0 Å². The van der Waals surface area contributed by atoms with Crippen LogP contribution in [0, 0.1) is 11.8 Å². The minimum Gasteiger partial charge on any atom is -0.481 e. The summed E-state index contributed by atoms with van der Waals surface area (Å²) in [6, 6.07) is -0.298. The highest BCUT2D eigenvalue weighted by atomic mass is 16.4. The van der Waals surface area contributed by atoms with Gasteiger partial charge in [-0.1, -0.05) is 12.2 Å². The predicted molar refractivity (Wildman–Crippen MR) is 70.9 cm³/mol. The first kappa shape index (κ1) is 12.9. The lowest BCUT2D eigenvalue weighted by atomic mass is 9.89. The maximum atomic E-state index is 12.2. The van der Waals surface area contributed by atoms with Crippen molar-refractivity contribution in [3.05, 3.63) is 30.4 Å². The van der Waals surface area contributed by atoms with Gasteiger partial charge in [0.2, 0.25) is 5.91 Å². The molecule has 1 amide bonds. The van der Waals surface area contributed by atoms with Gasteiger partial charge in [-0.15, -0.1) is 0 Å². The quantitative estimate of drug-likeness (QED) is 0.716. The Balaban J connectivity index is 1.59. The highest BCUT2D eigenvalue weighted by Gasteiger charge is 2.46. The number of carboxylic acid groups (broad SMARTS) is 1. The molecular formula is C14H17N3O3. The molecular weight excluding hydrogens is 258 g/mol. The van der Waals surface area contributed by atoms with E-state index in [0.717, 1.165) is 12.1 Å². The fourth-order valence-corrected chi connectivity index (χ4v) is 2.83. The Morgan fingerprint density at radius 1 is 1.30 bits per heavy atom. The molecule has 2 aliphatic carbocycles. The number of nitrogens with zero attached hydrogens (tertiary/aromatic N) is 1. The molecule has 4 atom stereocenters. The second-order valence-corrected chi connectivity index (χ2v) is 5.46. The summed E-state index contributed by atoms with van der Waals surface area (Å²) in [4.78, 5) is 30.3. The summed E-state index contributed by atoms with van der Waals surface area (Å²) < 4.78 is 0. The molecule has 106 valence electrons. The summed E-state index contributed by atoms with van der Waals surface area (Å²) in [5.74, 6) is -1.28. The molecule has 1 fully saturated rings. The number of rotatable bonds is 4. The first-order chi connectivity index (χ1) is 9.66. The van der Waals surface area contributed by atoms with Gasteiger partial charge in [-0.25, -0.2) is 4.98 Å². The third-order valence-corrected chi connectivity index (χ3v) is 4.12. The van der Waals surface area contributed by atoms with Crippen LogP contribution < -0.4 is 5.32 Å². The van der Waals surface area contributed by atoms with E-state index >= 15 is 0 Å². The Hall–Kier alpha value is -2.11. The average molecular weight is 275 g/mol. The molecule has 1 saturated carbocycles. The molecule has 0 aliphatic heterocycles. The summed E-state index contributed by atoms with van der Waals surface area (Å²) in [6.45, 7) is 0. The lowest BCUT2D eigenvalue weighted by Gasteiger charge is -2.26. The Labute approximate surface area is 116 Å². The largest absolute Gasteiger partial charge is 0.481 e. The van der Waals surface area contributed by atoms with Crippen molar-refractivity contribution in [2.24, 2.45) is 11.8 Å². The summed E-state index contributed by atoms with van der Waals surface area (Å²) >= 11 is 0. The molecule has 0 aromatic carbocycles. The van der Waals surface area contributed by atoms with Crippen molar-refractivity contribution in [3.63, 3.8) is 0 Å². The van der Waals surface area contributed by atoms with Gasteiger partial charge in [0.1, 0.15) is 0 Å². The van der Waals surface area contributed by atoms with Gasteiger partial charge < -0.3 is 15.4 Å². The van der Waals surface area contributed by atoms with Crippen LogP contribution in [0.1, 0.15) is 30.9 Å². The molecule has 20 heavy (non-hydrogen) atoms. The SMILES string of the molecule is O=C(O)[C@@H]1CC=CC[C@@H]1NC(=O)[C@@H]1C[C@H]1c1cnc[nH]1. The van der Waals surface area contributed by atoms with Crippen molar-refractivity contribution in [1.82, 2.24) is 15.3 Å². The number of carboxylic acids is 1. The lowest BCUT2D eigenvalue weighted by molar-refractivity contribution is -0.143. The number of carbonyl (C=O) groups excluding carboxylic acids is 1. The van der Waals surface area contributed by atoms with Crippen molar-refractivity contribution >= 4 is 11.9 Å². The number of allylic oxidation sites excluding steroid dienone is 1. The van der Waals surface area contributed by atoms with Gasteiger partial charge in [0.05, 0.1) is 12.2 Å². The fraction of sp³-hybridized carbons (Fsp3) is 0.500. The molecule has 3 N–H and O–H groups in total. The maximum Gasteiger partial charge on any atom is 0.308 e. The Bertz CT molecular complexity index is 538. The second-order valence-electron chi connectivity index (χ2n) is 5.46. The molecule has 2 aliphatic rings. The summed E-state index contributed by atoms with van der Waals surface area (Å²) in [5, 5.41) is 12.1. The van der Waals surface area contributed by atoms with E-state index in [1.165, 1.54) is 0 Å². The fourth-order valence-electron chi connectivity index (χ4n) is 2.83. The van der Waals surface area contributed by atoms with Crippen LogP contribution in [0.5, 0.6) is 0 Å². The Morgan fingerprint density at radius 3 is 2.80 bits per heavy atom. The Morgan fingerprint density at radius 2 is 2.10 bits per heavy atom. The van der Waals surface area contributed by atoms with Gasteiger partial charge in [0, 0.05) is 29.8 Å². The summed E-state index contributed by atoms with van der Waals surface area (Å²) in [7, 11) is 0. The normalized spacial score (nSPS) is 31.8. The number of aromatic nitrogens is 2. The predicted octanol–water partition coefficient (Wildman–Crippen LogP) is 1.05. The van der Waals surface area contributed by atoms with E-state index in [0.29, 0.717) is 12.8 Å². The standard InChI is InChI=1S/C14H17N3O3/c18-13(10-5-9(10)12-6-15-7-16-12)17-11-4-2-1-3-8(11)14(19)20/h1-2,6-11H,3-5H2,(H,15,16)(H,17,18)(H,19,20)/t8-,9-,10-,11+/m1/s1. The monoisotopic (exact) mass is 275 g/mol. The highest BCUT2D eigenvalue weighted by Crippen LogP contribution is 2.46. The molecule has 0 saturated heterocycles. The van der Waals surface area contributed by atoms with Crippen LogP contribution in [-0.4, -0.2) is 33.0 Å². The van der Waals surface area contributed by atoms with Gasteiger partial charge in [0.15, 0.2) is 0 Å². The summed E-state index contributed by atoms with van der Waals surface area (Å²) in [5.41, 5.74) is 0.975. The van der Waals surface area contributed by atoms with Crippen LogP contribution >= 0.6 is 0 Å². The zero-order valence-electron chi connectivity index (χ0n) is 11.0. The molecule has 1 aromatic heterocycles. The molecule has 1 heterocycles. The average Bonchev–Trinajstić information content (AvgIpc) is 3.05. The molecule has 0 unspecified atom stereocenters. The van der Waals surface area contributed by atoms with Crippen LogP contribution in [-0.2, 0) is 9.59 Å². The van der Waals surface area contributed by atoms with Crippen molar-refractivity contribution < 1.29 is 14.7 Å². The minimum absolute atomic E-state index is 0.0452. The van der Waals surface area contributed by atoms with E-state index in [9.17, 15) is 14.7 Å². The number of H-pyrrole nitrogens is 1. The van der Waals surface area contributed by atoms with Crippen molar-refractivity contribution in [3.8, 4) is 0 Å². The van der Waals surface area contributed by atoms with Gasteiger partial charge in [-0.3, -0.25) is 9.59 Å². The Kier molecular flexibility index (Phi) is 3.30. The van der Waals surface area contributed by atoms with E-state index < -0.39 is 11.9 Å². The molecule has 6 nitrogen and oxygen atoms in total. The second kappa shape index (κ2) is 5.11. The van der Waals surface area contributed by atoms with Crippen molar-refractivity contribution in [1.29, 1.82) is 0 Å².